The third-order valence-corrected chi connectivity index (χ3v) is 3.06. The summed E-state index contributed by atoms with van der Waals surface area (Å²) < 4.78 is 1.85. The topological polar surface area (TPSA) is 29.9 Å². The molecular formula is C13H25N3. The summed E-state index contributed by atoms with van der Waals surface area (Å²) in [6.45, 7) is 6.61. The molecule has 0 aliphatic heterocycles. The Bertz CT molecular complexity index is 280. The van der Waals surface area contributed by atoms with Gasteiger partial charge in [-0.1, -0.05) is 33.1 Å². The Morgan fingerprint density at radius 1 is 1.44 bits per heavy atom. The van der Waals surface area contributed by atoms with E-state index in [-0.39, 0.29) is 0 Å². The number of aryl methyl sites for hydroxylation is 1. The van der Waals surface area contributed by atoms with Gasteiger partial charge in [-0.05, 0) is 18.9 Å². The molecule has 1 aromatic heterocycles. The van der Waals surface area contributed by atoms with E-state index in [4.69, 9.17) is 0 Å². The van der Waals surface area contributed by atoms with Crippen LogP contribution >= 0.6 is 0 Å². The molecule has 0 spiro atoms. The fourth-order valence-electron chi connectivity index (χ4n) is 1.93. The van der Waals surface area contributed by atoms with Gasteiger partial charge in [-0.15, -0.1) is 0 Å². The predicted molar refractivity (Wildman–Crippen MR) is 68.2 cm³/mol. The van der Waals surface area contributed by atoms with E-state index in [1.807, 2.05) is 17.9 Å². The van der Waals surface area contributed by atoms with Crippen molar-refractivity contribution in [3.63, 3.8) is 0 Å². The van der Waals surface area contributed by atoms with Gasteiger partial charge >= 0.3 is 0 Å². The van der Waals surface area contributed by atoms with Crippen LogP contribution in [0.4, 0.5) is 0 Å². The maximum absolute atomic E-state index is 4.16. The molecule has 0 bridgehead atoms. The summed E-state index contributed by atoms with van der Waals surface area (Å²) in [6.07, 6.45) is 9.29. The van der Waals surface area contributed by atoms with E-state index < -0.39 is 0 Å². The Balaban J connectivity index is 2.17. The predicted octanol–water partition coefficient (Wildman–Crippen LogP) is 2.73. The normalized spacial score (nSPS) is 12.9. The highest BCUT2D eigenvalue weighted by molar-refractivity contribution is 5.02. The van der Waals surface area contributed by atoms with Crippen LogP contribution in [-0.2, 0) is 13.6 Å². The molecule has 1 heterocycles. The fraction of sp³-hybridized carbons (Fsp3) is 0.769. The van der Waals surface area contributed by atoms with Crippen molar-refractivity contribution in [2.45, 2.75) is 46.1 Å². The van der Waals surface area contributed by atoms with Crippen LogP contribution < -0.4 is 5.32 Å². The lowest BCUT2D eigenvalue weighted by molar-refractivity contribution is 0.419. The zero-order valence-corrected chi connectivity index (χ0v) is 10.9. The first kappa shape index (κ1) is 13.2. The number of rotatable bonds is 8. The van der Waals surface area contributed by atoms with E-state index in [0.29, 0.717) is 0 Å². The minimum atomic E-state index is 0.830. The Hall–Kier alpha value is -0.830. The second-order valence-corrected chi connectivity index (χ2v) is 4.57. The highest BCUT2D eigenvalue weighted by Crippen LogP contribution is 2.11. The van der Waals surface area contributed by atoms with Crippen molar-refractivity contribution in [3.8, 4) is 0 Å². The summed E-state index contributed by atoms with van der Waals surface area (Å²) in [7, 11) is 1.96. The summed E-state index contributed by atoms with van der Waals surface area (Å²) in [5, 5.41) is 7.68. The first-order valence-corrected chi connectivity index (χ1v) is 6.44. The molecule has 1 aromatic rings. The average Bonchev–Trinajstić information content (AvgIpc) is 2.69. The van der Waals surface area contributed by atoms with Gasteiger partial charge in [-0.25, -0.2) is 0 Å². The molecule has 0 fully saturated rings. The van der Waals surface area contributed by atoms with Gasteiger partial charge in [-0.3, -0.25) is 4.68 Å². The van der Waals surface area contributed by atoms with Crippen LogP contribution in [0.25, 0.3) is 0 Å². The standard InChI is InChI=1S/C13H25N3/c1-4-6-7-12(5-2)8-14-9-13-10-15-16(3)11-13/h10-12,14H,4-9H2,1-3H3. The zero-order valence-electron chi connectivity index (χ0n) is 10.9. The number of nitrogens with one attached hydrogen (secondary N) is 1. The Kier molecular flexibility index (Phi) is 6.16. The molecule has 0 aliphatic rings. The summed E-state index contributed by atoms with van der Waals surface area (Å²) in [4.78, 5) is 0. The molecule has 0 radical (unpaired) electrons. The van der Waals surface area contributed by atoms with Crippen LogP contribution in [0.1, 0.15) is 45.1 Å². The highest BCUT2D eigenvalue weighted by atomic mass is 15.2. The number of hydrogen-bond acceptors (Lipinski definition) is 2. The van der Waals surface area contributed by atoms with E-state index in [0.717, 1.165) is 19.0 Å². The number of hydrogen-bond donors (Lipinski definition) is 1. The van der Waals surface area contributed by atoms with Gasteiger partial charge in [0.1, 0.15) is 0 Å². The number of unbranched alkanes of at least 4 members (excludes halogenated alkanes) is 1. The molecule has 16 heavy (non-hydrogen) atoms. The molecule has 0 amide bonds. The SMILES string of the molecule is CCCCC(CC)CNCc1cnn(C)c1. The van der Waals surface area contributed by atoms with E-state index in [1.54, 1.807) is 0 Å². The Morgan fingerprint density at radius 3 is 2.81 bits per heavy atom. The molecule has 1 N–H and O–H groups in total. The Morgan fingerprint density at radius 2 is 2.25 bits per heavy atom. The van der Waals surface area contributed by atoms with Crippen LogP contribution in [0.3, 0.4) is 0 Å². The van der Waals surface area contributed by atoms with Crippen LogP contribution in [0.2, 0.25) is 0 Å². The molecule has 1 unspecified atom stereocenters. The van der Waals surface area contributed by atoms with Crippen molar-refractivity contribution in [1.82, 2.24) is 15.1 Å². The summed E-state index contributed by atoms with van der Waals surface area (Å²) in [6, 6.07) is 0. The van der Waals surface area contributed by atoms with Gasteiger partial charge in [0.2, 0.25) is 0 Å². The van der Waals surface area contributed by atoms with Crippen molar-refractivity contribution in [1.29, 1.82) is 0 Å². The first-order chi connectivity index (χ1) is 7.76. The molecule has 3 nitrogen and oxygen atoms in total. The van der Waals surface area contributed by atoms with Crippen molar-refractivity contribution < 1.29 is 0 Å². The van der Waals surface area contributed by atoms with Crippen molar-refractivity contribution in [2.24, 2.45) is 13.0 Å². The largest absolute Gasteiger partial charge is 0.312 e. The highest BCUT2D eigenvalue weighted by Gasteiger charge is 2.05. The smallest absolute Gasteiger partial charge is 0.0534 e. The molecular weight excluding hydrogens is 198 g/mol. The van der Waals surface area contributed by atoms with E-state index in [1.165, 1.54) is 31.2 Å². The third-order valence-electron chi connectivity index (χ3n) is 3.06. The van der Waals surface area contributed by atoms with Crippen LogP contribution in [0.15, 0.2) is 12.4 Å². The Labute approximate surface area is 99.2 Å². The van der Waals surface area contributed by atoms with Crippen LogP contribution in [-0.4, -0.2) is 16.3 Å². The molecule has 0 saturated carbocycles. The van der Waals surface area contributed by atoms with Crippen LogP contribution in [0, 0.1) is 5.92 Å². The molecule has 0 saturated heterocycles. The fourth-order valence-corrected chi connectivity index (χ4v) is 1.93. The van der Waals surface area contributed by atoms with Crippen molar-refractivity contribution in [3.05, 3.63) is 18.0 Å². The lowest BCUT2D eigenvalue weighted by atomic mass is 9.99. The second-order valence-electron chi connectivity index (χ2n) is 4.57. The average molecular weight is 223 g/mol. The minimum absolute atomic E-state index is 0.830. The van der Waals surface area contributed by atoms with Crippen molar-refractivity contribution in [2.75, 3.05) is 6.54 Å². The van der Waals surface area contributed by atoms with E-state index >= 15 is 0 Å². The number of aromatic nitrogens is 2. The van der Waals surface area contributed by atoms with Gasteiger partial charge in [0.15, 0.2) is 0 Å². The van der Waals surface area contributed by atoms with Gasteiger partial charge < -0.3 is 5.32 Å². The summed E-state index contributed by atoms with van der Waals surface area (Å²) in [5.41, 5.74) is 1.27. The molecule has 3 heteroatoms. The number of nitrogens with zero attached hydrogens (tertiary/aromatic N) is 2. The molecule has 0 aromatic carbocycles. The molecule has 1 atom stereocenters. The minimum Gasteiger partial charge on any atom is -0.312 e. The quantitative estimate of drug-likeness (QED) is 0.734. The van der Waals surface area contributed by atoms with Crippen LogP contribution in [0.5, 0.6) is 0 Å². The zero-order chi connectivity index (χ0) is 11.8. The molecule has 1 rings (SSSR count). The second kappa shape index (κ2) is 7.44. The van der Waals surface area contributed by atoms with Gasteiger partial charge in [0, 0.05) is 25.4 Å². The van der Waals surface area contributed by atoms with Gasteiger partial charge in [0.25, 0.3) is 0 Å². The van der Waals surface area contributed by atoms with Gasteiger partial charge in [0.05, 0.1) is 6.20 Å². The van der Waals surface area contributed by atoms with Gasteiger partial charge in [-0.2, -0.15) is 5.10 Å². The first-order valence-electron chi connectivity index (χ1n) is 6.44. The van der Waals surface area contributed by atoms with E-state index in [2.05, 4.69) is 30.5 Å². The third kappa shape index (κ3) is 4.79. The summed E-state index contributed by atoms with van der Waals surface area (Å²) >= 11 is 0. The lowest BCUT2D eigenvalue weighted by Gasteiger charge is -2.14. The maximum Gasteiger partial charge on any atom is 0.0534 e. The summed E-state index contributed by atoms with van der Waals surface area (Å²) in [5.74, 6) is 0.830. The van der Waals surface area contributed by atoms with E-state index in [9.17, 15) is 0 Å². The maximum atomic E-state index is 4.16. The van der Waals surface area contributed by atoms with Crippen molar-refractivity contribution >= 4 is 0 Å². The monoisotopic (exact) mass is 223 g/mol. The lowest BCUT2D eigenvalue weighted by Crippen LogP contribution is -2.22. The molecule has 0 aliphatic carbocycles. The molecule has 92 valence electrons.